The Bertz CT molecular complexity index is 2770. The Morgan fingerprint density at radius 1 is 0.575 bits per heavy atom. The summed E-state index contributed by atoms with van der Waals surface area (Å²) in [6, 6.07) is 45.0. The lowest BCUT2D eigenvalue weighted by atomic mass is 9.84. The van der Waals surface area contributed by atoms with Crippen LogP contribution in [0.15, 0.2) is 163 Å². The molecule has 6 aromatic rings. The van der Waals surface area contributed by atoms with Crippen molar-refractivity contribution in [2.75, 3.05) is 73.7 Å². The van der Waals surface area contributed by atoms with Crippen molar-refractivity contribution in [2.24, 2.45) is 5.11 Å². The number of esters is 3. The van der Waals surface area contributed by atoms with Gasteiger partial charge in [0.05, 0.1) is 12.7 Å². The molecule has 12 heteroatoms. The number of azide groups is 1. The molecule has 4 saturated heterocycles. The molecular formula is C75H111N5O7. The van der Waals surface area contributed by atoms with Gasteiger partial charge in [-0.3, -0.25) is 0 Å². The van der Waals surface area contributed by atoms with Crippen molar-refractivity contribution in [2.45, 2.75) is 154 Å². The quantitative estimate of drug-likeness (QED) is 0.0392. The van der Waals surface area contributed by atoms with Gasteiger partial charge in [0.2, 0.25) is 0 Å². The van der Waals surface area contributed by atoms with Crippen LogP contribution in [0.1, 0.15) is 149 Å². The largest absolute Gasteiger partial charge is 0.458 e. The summed E-state index contributed by atoms with van der Waals surface area (Å²) >= 11 is 0. The Morgan fingerprint density at radius 3 is 1.22 bits per heavy atom. The molecule has 0 aromatic heterocycles. The van der Waals surface area contributed by atoms with Crippen LogP contribution in [0.5, 0.6) is 0 Å². The fourth-order valence-electron chi connectivity index (χ4n) is 7.19. The van der Waals surface area contributed by atoms with Crippen LogP contribution >= 0.6 is 0 Å². The zero-order valence-electron chi connectivity index (χ0n) is 56.6. The minimum absolute atomic E-state index is 0.227. The van der Waals surface area contributed by atoms with E-state index in [-0.39, 0.29) is 5.97 Å². The van der Waals surface area contributed by atoms with Crippen LogP contribution in [0.3, 0.4) is 0 Å². The Kier molecular flexibility index (Phi) is 51.0. The van der Waals surface area contributed by atoms with Crippen molar-refractivity contribution in [3.63, 3.8) is 0 Å². The van der Waals surface area contributed by atoms with E-state index in [4.69, 9.17) is 15.0 Å². The molecular weight excluding hydrogens is 1080 g/mol. The first-order valence-corrected chi connectivity index (χ1v) is 32.0. The van der Waals surface area contributed by atoms with Gasteiger partial charge in [-0.1, -0.05) is 228 Å². The summed E-state index contributed by atoms with van der Waals surface area (Å²) in [6.07, 6.45) is 17.1. The Hall–Kier alpha value is -7.18. The highest BCUT2D eigenvalue weighted by Gasteiger charge is 2.19. The van der Waals surface area contributed by atoms with E-state index in [1.54, 1.807) is 39.5 Å². The second-order valence-electron chi connectivity index (χ2n) is 18.7. The lowest BCUT2D eigenvalue weighted by Crippen LogP contribution is -2.32. The van der Waals surface area contributed by atoms with E-state index in [9.17, 15) is 14.4 Å². The zero-order valence-corrected chi connectivity index (χ0v) is 56.6. The summed E-state index contributed by atoms with van der Waals surface area (Å²) in [4.78, 5) is 37.3. The number of carbonyl (C=O) groups is 3. The lowest BCUT2D eigenvalue weighted by molar-refractivity contribution is -0.150. The third-order valence-electron chi connectivity index (χ3n) is 12.7. The molecule has 478 valence electrons. The number of rotatable bonds is 1. The molecule has 0 amide bonds. The minimum atomic E-state index is -0.562. The predicted molar refractivity (Wildman–Crippen MR) is 372 cm³/mol. The second-order valence-corrected chi connectivity index (χ2v) is 18.7. The minimum Gasteiger partial charge on any atom is -0.458 e. The molecule has 0 spiro atoms. The molecule has 12 nitrogen and oxygen atoms in total. The third-order valence-corrected chi connectivity index (χ3v) is 12.7. The van der Waals surface area contributed by atoms with Crippen molar-refractivity contribution >= 4 is 45.5 Å². The average molecular weight is 1190 g/mol. The van der Waals surface area contributed by atoms with Crippen LogP contribution in [-0.2, 0) is 71.9 Å². The summed E-state index contributed by atoms with van der Waals surface area (Å²) in [5.74, 6) is -1.32. The number of benzene rings is 6. The van der Waals surface area contributed by atoms with Crippen LogP contribution in [-0.4, -0.2) is 108 Å². The molecule has 1 atom stereocenters. The molecule has 9 aliphatic rings. The first-order chi connectivity index (χ1) is 42.5. The smallest absolute Gasteiger partial charge is 0.341 e. The van der Waals surface area contributed by atoms with Gasteiger partial charge in [-0.05, 0) is 164 Å². The maximum absolute atomic E-state index is 10.3. The van der Waals surface area contributed by atoms with Gasteiger partial charge in [-0.15, -0.1) is 0 Å². The molecule has 4 fully saturated rings. The van der Waals surface area contributed by atoms with E-state index in [1.165, 1.54) is 131 Å². The molecule has 15 rings (SSSR count). The number of cyclic esters (lactones) is 3. The number of carbonyl (C=O) groups excluding carboxylic acids is 3. The fraction of sp³-hybridized carbons (Fsp3) is 0.453. The third kappa shape index (κ3) is 37.2. The lowest BCUT2D eigenvalue weighted by Gasteiger charge is -2.24. The van der Waals surface area contributed by atoms with Gasteiger partial charge in [-0.25, -0.2) is 14.4 Å². The molecule has 87 heavy (non-hydrogen) atoms. The number of hydrogen-bond acceptors (Lipinski definition) is 10. The standard InChI is InChI=1S/2C12H10.2C8H8.C5H4O3.C4H9N.C4H4O2.C3H7N.2C3H6O.6C2H6.CH3N3/c1-2-4-10-8-12-6-5-11(12)7-9(10)3-1;1-2-4-11-9(3-1)5-6-10-7-8-12(10)11;1-2-4-8-6-5-7(8)3-1;1-2-8-6-4-3-5-7-8;1-3-2-4(6)8-5(3)7;1-5-3-2-4-5;5-4-2-1-3-6-4;1-4-2-3-4;1-3-2-4-3;1-2-4-3-1;6*1-2;1-3-4-2/h1-4,7-8H,5-6H2;1-6H,7-8H2;1-4H,5-6H2;2-7H,1H2;2H,1H3;2-4H2,1H3;1-2H,3H2;2-3H2,1H3;3H,2H2,1H3;1-3H2;6*1-2H3;1H3. The van der Waals surface area contributed by atoms with Gasteiger partial charge in [0.1, 0.15) is 6.61 Å². The van der Waals surface area contributed by atoms with Crippen molar-refractivity contribution in [1.29, 1.82) is 0 Å². The molecule has 3 aliphatic carbocycles. The second kappa shape index (κ2) is 54.2. The number of nitrogens with zero attached hydrogens (tertiary/aromatic N) is 5. The van der Waals surface area contributed by atoms with E-state index in [1.807, 2.05) is 119 Å². The number of aryl methyl sites for hydroxylation is 6. The topological polar surface area (TPSA) is 146 Å². The number of epoxide rings is 1. The van der Waals surface area contributed by atoms with E-state index in [2.05, 4.69) is 154 Å². The maximum Gasteiger partial charge on any atom is 0.341 e. The first-order valence-electron chi connectivity index (χ1n) is 32.0. The van der Waals surface area contributed by atoms with Crippen molar-refractivity contribution < 1.29 is 33.3 Å². The van der Waals surface area contributed by atoms with Crippen LogP contribution in [0.2, 0.25) is 0 Å². The van der Waals surface area contributed by atoms with E-state index in [0.29, 0.717) is 18.3 Å². The van der Waals surface area contributed by atoms with Gasteiger partial charge in [0.25, 0.3) is 0 Å². The van der Waals surface area contributed by atoms with Crippen molar-refractivity contribution in [1.82, 2.24) is 9.80 Å². The number of likely N-dealkylation sites (tertiary alicyclic amines) is 1. The number of fused-ring (bicyclic) bond motifs is 6. The molecule has 6 aromatic carbocycles. The highest BCUT2D eigenvalue weighted by Crippen LogP contribution is 2.31. The van der Waals surface area contributed by atoms with Crippen LogP contribution in [0.4, 0.5) is 0 Å². The molecule has 0 N–H and O–H groups in total. The van der Waals surface area contributed by atoms with Crippen molar-refractivity contribution in [3.05, 3.63) is 207 Å². The zero-order chi connectivity index (χ0) is 65.6. The Balaban J connectivity index is 0. The summed E-state index contributed by atoms with van der Waals surface area (Å²) in [6.45, 7) is 39.9. The summed E-state index contributed by atoms with van der Waals surface area (Å²) in [5.41, 5.74) is 18.2. The van der Waals surface area contributed by atoms with Crippen molar-refractivity contribution in [3.8, 4) is 0 Å². The Morgan fingerprint density at radius 2 is 0.977 bits per heavy atom. The SMILES string of the molecule is C1COC1.C=Cc1ccccc1.CC.CC.CC.CC.CC.CC.CC1=CC(=O)OC1=O.CC1CO1.CN1CC1.CN1CCC1.CN=[N+]=[N-].O=C1C=CCO1.c1ccc2c(c1)CC2.c1ccc2c3c(ccc2c1)CC3.c1ccc2cc3c(cc2c1)CC3. The number of hydrogen-bond donors (Lipinski definition) is 0. The van der Waals surface area contributed by atoms with E-state index >= 15 is 0 Å². The normalized spacial score (nSPS) is 15.2. The van der Waals surface area contributed by atoms with Gasteiger partial charge in [-0.2, -0.15) is 0 Å². The van der Waals surface area contributed by atoms with Crippen LogP contribution < -0.4 is 0 Å². The highest BCUT2D eigenvalue weighted by atomic mass is 16.6. The van der Waals surface area contributed by atoms with Crippen LogP contribution in [0.25, 0.3) is 38.1 Å². The average Bonchev–Trinajstić information content (AvgIpc) is 2.34. The number of ether oxygens (including phenoxy) is 4. The summed E-state index contributed by atoms with van der Waals surface area (Å²) in [7, 11) is 5.64. The first kappa shape index (κ1) is 81.9. The summed E-state index contributed by atoms with van der Waals surface area (Å²) < 4.78 is 17.9. The molecule has 0 saturated carbocycles. The molecule has 0 bridgehead atoms. The maximum atomic E-state index is 10.3. The fourth-order valence-corrected chi connectivity index (χ4v) is 7.19. The van der Waals surface area contributed by atoms with Gasteiger partial charge >= 0.3 is 17.9 Å². The van der Waals surface area contributed by atoms with Gasteiger partial charge in [0.15, 0.2) is 0 Å². The molecule has 6 heterocycles. The number of likely N-dealkylation sites (N-methyl/N-ethyl adjacent to an activating group) is 1. The van der Waals surface area contributed by atoms with E-state index in [0.717, 1.165) is 19.8 Å². The molecule has 0 radical (unpaired) electrons. The van der Waals surface area contributed by atoms with Crippen LogP contribution in [0, 0.1) is 0 Å². The molecule has 6 aliphatic heterocycles. The van der Waals surface area contributed by atoms with Gasteiger partial charge < -0.3 is 28.7 Å². The van der Waals surface area contributed by atoms with Gasteiger partial charge in [0, 0.05) is 56.0 Å². The monoisotopic (exact) mass is 1190 g/mol. The highest BCUT2D eigenvalue weighted by molar-refractivity contribution is 6.08. The predicted octanol–water partition coefficient (Wildman–Crippen LogP) is 18.3. The summed E-state index contributed by atoms with van der Waals surface area (Å²) in [5, 5.41) is 8.53. The Labute approximate surface area is 526 Å². The molecule has 1 unspecified atom stereocenters. The van der Waals surface area contributed by atoms with E-state index < -0.39 is 11.9 Å².